The van der Waals surface area contributed by atoms with Gasteiger partial charge in [-0.1, -0.05) is 0 Å². The fraction of sp³-hybridized carbons (Fsp3) is 0.667. The Morgan fingerprint density at radius 1 is 1.61 bits per heavy atom. The van der Waals surface area contributed by atoms with Gasteiger partial charge in [0.25, 0.3) is 6.01 Å². The van der Waals surface area contributed by atoms with Crippen molar-refractivity contribution in [3.05, 3.63) is 12.0 Å². The van der Waals surface area contributed by atoms with Crippen LogP contribution in [0, 0.1) is 0 Å². The maximum atomic E-state index is 11.5. The minimum atomic E-state index is -0.458. The van der Waals surface area contributed by atoms with Crippen LogP contribution in [-0.2, 0) is 9.47 Å². The second-order valence-electron chi connectivity index (χ2n) is 4.77. The SMILES string of the molecule is CCOC(=O)c1coc(N2CCOC(C)(C)C2)n1. The molecule has 0 radical (unpaired) electrons. The zero-order chi connectivity index (χ0) is 13.2. The Balaban J connectivity index is 2.08. The van der Waals surface area contributed by atoms with E-state index >= 15 is 0 Å². The van der Waals surface area contributed by atoms with Crippen molar-refractivity contribution in [3.8, 4) is 0 Å². The lowest BCUT2D eigenvalue weighted by molar-refractivity contribution is -0.0290. The Hall–Kier alpha value is -1.56. The fourth-order valence-electron chi connectivity index (χ4n) is 1.89. The molecule has 1 aliphatic rings. The molecule has 6 nitrogen and oxygen atoms in total. The molecular formula is C12H18N2O4. The van der Waals surface area contributed by atoms with Crippen molar-refractivity contribution in [3.63, 3.8) is 0 Å². The van der Waals surface area contributed by atoms with Crippen molar-refractivity contribution >= 4 is 12.0 Å². The molecule has 1 aromatic heterocycles. The lowest BCUT2D eigenvalue weighted by Crippen LogP contribution is -2.48. The van der Waals surface area contributed by atoms with Crippen LogP contribution in [-0.4, -0.2) is 42.9 Å². The molecule has 0 saturated carbocycles. The Morgan fingerprint density at radius 2 is 2.39 bits per heavy atom. The first kappa shape index (κ1) is 12.9. The van der Waals surface area contributed by atoms with Gasteiger partial charge in [-0.3, -0.25) is 0 Å². The lowest BCUT2D eigenvalue weighted by Gasteiger charge is -2.37. The first-order valence-corrected chi connectivity index (χ1v) is 6.03. The van der Waals surface area contributed by atoms with E-state index in [-0.39, 0.29) is 11.3 Å². The Kier molecular flexibility index (Phi) is 3.56. The van der Waals surface area contributed by atoms with Crippen LogP contribution in [0.5, 0.6) is 0 Å². The monoisotopic (exact) mass is 254 g/mol. The normalized spacial score (nSPS) is 18.7. The summed E-state index contributed by atoms with van der Waals surface area (Å²) in [5.74, 6) is -0.458. The molecule has 0 aliphatic carbocycles. The van der Waals surface area contributed by atoms with Gasteiger partial charge in [-0.25, -0.2) is 4.79 Å². The van der Waals surface area contributed by atoms with Gasteiger partial charge in [0, 0.05) is 6.54 Å². The molecule has 0 amide bonds. The molecular weight excluding hydrogens is 236 g/mol. The van der Waals surface area contributed by atoms with E-state index in [9.17, 15) is 4.79 Å². The minimum absolute atomic E-state index is 0.205. The number of morpholine rings is 1. The maximum Gasteiger partial charge on any atom is 0.360 e. The van der Waals surface area contributed by atoms with Gasteiger partial charge in [0.1, 0.15) is 6.26 Å². The number of anilines is 1. The Morgan fingerprint density at radius 3 is 3.06 bits per heavy atom. The van der Waals surface area contributed by atoms with Crippen molar-refractivity contribution < 1.29 is 18.7 Å². The highest BCUT2D eigenvalue weighted by Gasteiger charge is 2.30. The second kappa shape index (κ2) is 4.97. The number of carbonyl (C=O) groups excluding carboxylic acids is 1. The summed E-state index contributed by atoms with van der Waals surface area (Å²) >= 11 is 0. The van der Waals surface area contributed by atoms with Crippen LogP contribution in [0.2, 0.25) is 0 Å². The molecule has 18 heavy (non-hydrogen) atoms. The molecule has 0 N–H and O–H groups in total. The third-order valence-electron chi connectivity index (χ3n) is 2.67. The number of aromatic nitrogens is 1. The van der Waals surface area contributed by atoms with Gasteiger partial charge >= 0.3 is 5.97 Å². The minimum Gasteiger partial charge on any atom is -0.461 e. The van der Waals surface area contributed by atoms with E-state index in [2.05, 4.69) is 4.98 Å². The molecule has 0 bridgehead atoms. The third-order valence-corrected chi connectivity index (χ3v) is 2.67. The van der Waals surface area contributed by atoms with Crippen molar-refractivity contribution in [2.75, 3.05) is 31.2 Å². The number of nitrogens with zero attached hydrogens (tertiary/aromatic N) is 2. The van der Waals surface area contributed by atoms with Crippen LogP contribution in [0.1, 0.15) is 31.3 Å². The molecule has 1 aromatic rings. The first-order valence-electron chi connectivity index (χ1n) is 6.03. The predicted octanol–water partition coefficient (Wildman–Crippen LogP) is 1.47. The van der Waals surface area contributed by atoms with Crippen LogP contribution in [0.15, 0.2) is 10.7 Å². The summed E-state index contributed by atoms with van der Waals surface area (Å²) < 4.78 is 15.8. The van der Waals surface area contributed by atoms with Crippen LogP contribution < -0.4 is 4.90 Å². The summed E-state index contributed by atoms with van der Waals surface area (Å²) in [6.45, 7) is 8.09. The van der Waals surface area contributed by atoms with E-state index in [0.717, 1.165) is 0 Å². The van der Waals surface area contributed by atoms with Gasteiger partial charge in [-0.05, 0) is 20.8 Å². The Labute approximate surface area is 106 Å². The molecule has 0 aromatic carbocycles. The Bertz CT molecular complexity index is 427. The van der Waals surface area contributed by atoms with Crippen molar-refractivity contribution in [2.24, 2.45) is 0 Å². The number of hydrogen-bond acceptors (Lipinski definition) is 6. The molecule has 2 heterocycles. The topological polar surface area (TPSA) is 64.8 Å². The lowest BCUT2D eigenvalue weighted by atomic mass is 10.1. The van der Waals surface area contributed by atoms with E-state index in [4.69, 9.17) is 13.9 Å². The largest absolute Gasteiger partial charge is 0.461 e. The zero-order valence-corrected chi connectivity index (χ0v) is 10.9. The van der Waals surface area contributed by atoms with Gasteiger partial charge in [0.15, 0.2) is 5.69 Å². The number of hydrogen-bond donors (Lipinski definition) is 0. The van der Waals surface area contributed by atoms with Gasteiger partial charge < -0.3 is 18.8 Å². The van der Waals surface area contributed by atoms with E-state index in [1.807, 2.05) is 18.7 Å². The van der Waals surface area contributed by atoms with Crippen molar-refractivity contribution in [2.45, 2.75) is 26.4 Å². The smallest absolute Gasteiger partial charge is 0.360 e. The first-order chi connectivity index (χ1) is 8.52. The summed E-state index contributed by atoms with van der Waals surface area (Å²) in [7, 11) is 0. The summed E-state index contributed by atoms with van der Waals surface area (Å²) in [5.41, 5.74) is -0.0345. The molecule has 0 atom stereocenters. The summed E-state index contributed by atoms with van der Waals surface area (Å²) in [4.78, 5) is 17.6. The zero-order valence-electron chi connectivity index (χ0n) is 10.9. The van der Waals surface area contributed by atoms with E-state index in [1.165, 1.54) is 6.26 Å². The summed E-state index contributed by atoms with van der Waals surface area (Å²) in [6.07, 6.45) is 1.33. The third kappa shape index (κ3) is 2.81. The molecule has 1 saturated heterocycles. The van der Waals surface area contributed by atoms with Crippen molar-refractivity contribution in [1.29, 1.82) is 0 Å². The van der Waals surface area contributed by atoms with E-state index < -0.39 is 5.97 Å². The highest BCUT2D eigenvalue weighted by molar-refractivity contribution is 5.87. The van der Waals surface area contributed by atoms with Crippen LogP contribution in [0.3, 0.4) is 0 Å². The van der Waals surface area contributed by atoms with Crippen LogP contribution >= 0.6 is 0 Å². The average Bonchev–Trinajstić information content (AvgIpc) is 2.77. The van der Waals surface area contributed by atoms with Gasteiger partial charge in [0.05, 0.1) is 25.4 Å². The van der Waals surface area contributed by atoms with Crippen LogP contribution in [0.25, 0.3) is 0 Å². The number of oxazole rings is 1. The van der Waals surface area contributed by atoms with Gasteiger partial charge in [-0.15, -0.1) is 0 Å². The number of rotatable bonds is 3. The second-order valence-corrected chi connectivity index (χ2v) is 4.77. The number of ether oxygens (including phenoxy) is 2. The van der Waals surface area contributed by atoms with Gasteiger partial charge in [0.2, 0.25) is 0 Å². The van der Waals surface area contributed by atoms with Crippen molar-refractivity contribution in [1.82, 2.24) is 4.98 Å². The highest BCUT2D eigenvalue weighted by atomic mass is 16.5. The standard InChI is InChI=1S/C12H18N2O4/c1-4-16-10(15)9-7-17-11(13-9)14-5-6-18-12(2,3)8-14/h7H,4-6,8H2,1-3H3. The van der Waals surface area contributed by atoms with E-state index in [0.29, 0.717) is 32.3 Å². The molecule has 2 rings (SSSR count). The molecule has 6 heteroatoms. The summed E-state index contributed by atoms with van der Waals surface area (Å²) in [6, 6.07) is 0.439. The number of carbonyl (C=O) groups is 1. The summed E-state index contributed by atoms with van der Waals surface area (Å²) in [5, 5.41) is 0. The average molecular weight is 254 g/mol. The maximum absolute atomic E-state index is 11.5. The molecule has 0 unspecified atom stereocenters. The fourth-order valence-corrected chi connectivity index (χ4v) is 1.89. The molecule has 1 fully saturated rings. The highest BCUT2D eigenvalue weighted by Crippen LogP contribution is 2.22. The van der Waals surface area contributed by atoms with Gasteiger partial charge in [-0.2, -0.15) is 4.98 Å². The quantitative estimate of drug-likeness (QED) is 0.761. The molecule has 0 spiro atoms. The van der Waals surface area contributed by atoms with E-state index in [1.54, 1.807) is 6.92 Å². The molecule has 100 valence electrons. The van der Waals surface area contributed by atoms with Crippen LogP contribution in [0.4, 0.5) is 6.01 Å². The molecule has 1 aliphatic heterocycles. The number of esters is 1. The predicted molar refractivity (Wildman–Crippen MR) is 64.7 cm³/mol.